The fraction of sp³-hybridized carbons (Fsp3) is 0.150. The molecule has 0 atom stereocenters. The molecule has 0 radical (unpaired) electrons. The quantitative estimate of drug-likeness (QED) is 0.502. The lowest BCUT2D eigenvalue weighted by Gasteiger charge is -2.11. The zero-order valence-electron chi connectivity index (χ0n) is 15.8. The average molecular weight is 473 g/mol. The summed E-state index contributed by atoms with van der Waals surface area (Å²) in [6, 6.07) is 11.5. The largest absolute Gasteiger partial charge is 0.476 e. The van der Waals surface area contributed by atoms with Crippen molar-refractivity contribution in [1.82, 2.24) is 15.1 Å². The number of carbonyl (C=O) groups excluding carboxylic acids is 2. The number of amides is 2. The lowest BCUT2D eigenvalue weighted by Crippen LogP contribution is -2.38. The van der Waals surface area contributed by atoms with Crippen molar-refractivity contribution in [3.8, 4) is 0 Å². The molecule has 3 N–H and O–H groups in total. The molecule has 1 aromatic heterocycles. The Labute approximate surface area is 178 Å². The second kappa shape index (κ2) is 8.87. The zero-order valence-corrected chi connectivity index (χ0v) is 17.4. The average Bonchev–Trinajstić information content (AvgIpc) is 2.70. The van der Waals surface area contributed by atoms with Crippen molar-refractivity contribution in [2.75, 3.05) is 11.9 Å². The molecule has 0 aliphatic rings. The third-order valence-electron chi connectivity index (χ3n) is 4.27. The molecule has 154 valence electrons. The number of nitrogens with zero attached hydrogens (tertiary/aromatic N) is 2. The molecule has 2 aromatic carbocycles. The second-order valence-corrected chi connectivity index (χ2v) is 7.36. The Morgan fingerprint density at radius 2 is 1.80 bits per heavy atom. The fourth-order valence-electron chi connectivity index (χ4n) is 2.83. The van der Waals surface area contributed by atoms with Gasteiger partial charge in [0, 0.05) is 15.5 Å². The van der Waals surface area contributed by atoms with E-state index in [4.69, 9.17) is 0 Å². The molecule has 0 bridgehead atoms. The van der Waals surface area contributed by atoms with E-state index in [1.54, 1.807) is 24.3 Å². The van der Waals surface area contributed by atoms with E-state index in [-0.39, 0.29) is 23.0 Å². The number of hydrogen-bond donors (Lipinski definition) is 3. The number of rotatable bonds is 6. The molecule has 0 fully saturated rings. The predicted octanol–water partition coefficient (Wildman–Crippen LogP) is 1.92. The number of benzene rings is 2. The molecule has 0 aliphatic heterocycles. The maximum atomic E-state index is 12.5. The molecule has 3 aromatic rings. The van der Waals surface area contributed by atoms with Gasteiger partial charge in [0.1, 0.15) is 6.54 Å². The summed E-state index contributed by atoms with van der Waals surface area (Å²) in [7, 11) is 0. The summed E-state index contributed by atoms with van der Waals surface area (Å²) in [6.45, 7) is 0.994. The molecule has 0 saturated carbocycles. The van der Waals surface area contributed by atoms with Crippen LogP contribution in [0.15, 0.2) is 51.7 Å². The number of halogens is 1. The number of carbonyl (C=O) groups is 3. The standard InChI is InChI=1S/C20H17BrN4O5/c1-11-8-12(21)6-7-15(11)23-16(26)9-22-17(27)10-25-19(28)14-5-3-2-4-13(14)18(24-25)20(29)30/h2-8H,9-10H2,1H3,(H,22,27)(H,23,26)(H,29,30). The number of carboxylic acid groups (broad SMARTS) is 1. The van der Waals surface area contributed by atoms with Gasteiger partial charge in [-0.2, -0.15) is 5.10 Å². The highest BCUT2D eigenvalue weighted by Gasteiger charge is 2.17. The minimum atomic E-state index is -1.32. The van der Waals surface area contributed by atoms with Gasteiger partial charge in [-0.3, -0.25) is 14.4 Å². The summed E-state index contributed by atoms with van der Waals surface area (Å²) in [5.74, 6) is -2.41. The van der Waals surface area contributed by atoms with Crippen LogP contribution in [0.4, 0.5) is 5.69 Å². The van der Waals surface area contributed by atoms with Gasteiger partial charge in [0.2, 0.25) is 11.8 Å². The number of anilines is 1. The van der Waals surface area contributed by atoms with Crippen LogP contribution in [0.25, 0.3) is 10.8 Å². The summed E-state index contributed by atoms with van der Waals surface area (Å²) >= 11 is 3.34. The van der Waals surface area contributed by atoms with Gasteiger partial charge in [0.25, 0.3) is 5.56 Å². The van der Waals surface area contributed by atoms with Crippen LogP contribution in [0, 0.1) is 6.92 Å². The topological polar surface area (TPSA) is 130 Å². The van der Waals surface area contributed by atoms with Crippen molar-refractivity contribution in [3.05, 3.63) is 68.5 Å². The smallest absolute Gasteiger partial charge is 0.357 e. The van der Waals surface area contributed by atoms with Crippen LogP contribution >= 0.6 is 15.9 Å². The van der Waals surface area contributed by atoms with E-state index in [9.17, 15) is 24.3 Å². The van der Waals surface area contributed by atoms with Gasteiger partial charge in [-0.15, -0.1) is 0 Å². The summed E-state index contributed by atoms with van der Waals surface area (Å²) in [5, 5.41) is 18.6. The van der Waals surface area contributed by atoms with E-state index in [1.165, 1.54) is 12.1 Å². The van der Waals surface area contributed by atoms with E-state index in [1.807, 2.05) is 13.0 Å². The predicted molar refractivity (Wildman–Crippen MR) is 113 cm³/mol. The monoisotopic (exact) mass is 472 g/mol. The van der Waals surface area contributed by atoms with Gasteiger partial charge in [-0.25, -0.2) is 9.48 Å². The number of aromatic nitrogens is 2. The fourth-order valence-corrected chi connectivity index (χ4v) is 3.31. The number of fused-ring (bicyclic) bond motifs is 1. The Morgan fingerprint density at radius 3 is 2.47 bits per heavy atom. The Bertz CT molecular complexity index is 1220. The molecular formula is C20H17BrN4O5. The first-order valence-corrected chi connectivity index (χ1v) is 9.61. The van der Waals surface area contributed by atoms with Gasteiger partial charge < -0.3 is 15.7 Å². The summed E-state index contributed by atoms with van der Waals surface area (Å²) in [6.07, 6.45) is 0. The van der Waals surface area contributed by atoms with Crippen LogP contribution in [0.1, 0.15) is 16.1 Å². The lowest BCUT2D eigenvalue weighted by molar-refractivity contribution is -0.124. The molecule has 0 saturated heterocycles. The van der Waals surface area contributed by atoms with E-state index >= 15 is 0 Å². The molecule has 0 aliphatic carbocycles. The van der Waals surface area contributed by atoms with Crippen LogP contribution in [0.3, 0.4) is 0 Å². The maximum Gasteiger partial charge on any atom is 0.357 e. The van der Waals surface area contributed by atoms with E-state index in [0.717, 1.165) is 14.7 Å². The Morgan fingerprint density at radius 1 is 1.10 bits per heavy atom. The molecule has 1 heterocycles. The molecule has 9 nitrogen and oxygen atoms in total. The summed E-state index contributed by atoms with van der Waals surface area (Å²) in [4.78, 5) is 48.3. The summed E-state index contributed by atoms with van der Waals surface area (Å²) in [5.41, 5.74) is 0.523. The van der Waals surface area contributed by atoms with Crippen LogP contribution in [0.2, 0.25) is 0 Å². The number of aromatic carboxylic acids is 1. The van der Waals surface area contributed by atoms with Gasteiger partial charge >= 0.3 is 5.97 Å². The molecule has 10 heteroatoms. The molecule has 3 rings (SSSR count). The maximum absolute atomic E-state index is 12.5. The van der Waals surface area contributed by atoms with Crippen molar-refractivity contribution in [2.45, 2.75) is 13.5 Å². The van der Waals surface area contributed by atoms with Crippen molar-refractivity contribution in [1.29, 1.82) is 0 Å². The third kappa shape index (κ3) is 4.71. The third-order valence-corrected chi connectivity index (χ3v) is 4.77. The SMILES string of the molecule is Cc1cc(Br)ccc1NC(=O)CNC(=O)Cn1nc(C(=O)O)c2ccccc2c1=O. The number of nitrogens with one attached hydrogen (secondary N) is 2. The van der Waals surface area contributed by atoms with E-state index < -0.39 is 29.9 Å². The Balaban J connectivity index is 1.69. The highest BCUT2D eigenvalue weighted by molar-refractivity contribution is 9.10. The Hall–Kier alpha value is -3.53. The molecular weight excluding hydrogens is 456 g/mol. The highest BCUT2D eigenvalue weighted by Crippen LogP contribution is 2.19. The van der Waals surface area contributed by atoms with E-state index in [2.05, 4.69) is 31.7 Å². The first kappa shape index (κ1) is 21.2. The first-order valence-electron chi connectivity index (χ1n) is 8.82. The number of carboxylic acids is 1. The van der Waals surface area contributed by atoms with Crippen LogP contribution in [0.5, 0.6) is 0 Å². The highest BCUT2D eigenvalue weighted by atomic mass is 79.9. The summed E-state index contributed by atoms with van der Waals surface area (Å²) < 4.78 is 1.65. The van der Waals surface area contributed by atoms with Crippen molar-refractivity contribution in [3.63, 3.8) is 0 Å². The van der Waals surface area contributed by atoms with Gasteiger partial charge in [-0.1, -0.05) is 34.1 Å². The molecule has 0 unspecified atom stereocenters. The van der Waals surface area contributed by atoms with Gasteiger partial charge in [-0.05, 0) is 36.8 Å². The number of aryl methyl sites for hydroxylation is 1. The zero-order chi connectivity index (χ0) is 21.8. The van der Waals surface area contributed by atoms with Crippen LogP contribution < -0.4 is 16.2 Å². The molecule has 2 amide bonds. The van der Waals surface area contributed by atoms with Gasteiger partial charge in [0.05, 0.1) is 11.9 Å². The van der Waals surface area contributed by atoms with Crippen LogP contribution in [-0.2, 0) is 16.1 Å². The Kier molecular flexibility index (Phi) is 6.26. The minimum Gasteiger partial charge on any atom is -0.476 e. The van der Waals surface area contributed by atoms with Crippen LogP contribution in [-0.4, -0.2) is 39.2 Å². The lowest BCUT2D eigenvalue weighted by atomic mass is 10.1. The van der Waals surface area contributed by atoms with Crippen molar-refractivity contribution >= 4 is 50.2 Å². The normalized spacial score (nSPS) is 10.6. The minimum absolute atomic E-state index is 0.140. The van der Waals surface area contributed by atoms with Crippen molar-refractivity contribution in [2.24, 2.45) is 0 Å². The second-order valence-electron chi connectivity index (χ2n) is 6.45. The first-order chi connectivity index (χ1) is 14.3. The molecule has 30 heavy (non-hydrogen) atoms. The number of hydrogen-bond acceptors (Lipinski definition) is 5. The van der Waals surface area contributed by atoms with E-state index in [0.29, 0.717) is 5.69 Å². The van der Waals surface area contributed by atoms with Gasteiger partial charge in [0.15, 0.2) is 5.69 Å². The van der Waals surface area contributed by atoms with Crippen molar-refractivity contribution < 1.29 is 19.5 Å². The molecule has 0 spiro atoms.